The third-order valence-corrected chi connectivity index (χ3v) is 8.13. The first-order valence-electron chi connectivity index (χ1n) is 14.7. The number of aliphatic imine (C=N–C) groups is 1. The van der Waals surface area contributed by atoms with Crippen molar-refractivity contribution in [3.05, 3.63) is 101 Å². The zero-order valence-corrected chi connectivity index (χ0v) is 25.9. The van der Waals surface area contributed by atoms with E-state index in [0.717, 1.165) is 31.4 Å². The van der Waals surface area contributed by atoms with Crippen LogP contribution in [0.15, 0.2) is 88.1 Å². The highest BCUT2D eigenvalue weighted by molar-refractivity contribution is 7.81. The number of anilines is 1. The van der Waals surface area contributed by atoms with Crippen LogP contribution in [-0.4, -0.2) is 67.9 Å². The van der Waals surface area contributed by atoms with Crippen molar-refractivity contribution in [2.45, 2.75) is 38.6 Å². The second-order valence-electron chi connectivity index (χ2n) is 10.9. The molecule has 1 saturated carbocycles. The summed E-state index contributed by atoms with van der Waals surface area (Å²) in [5, 5.41) is 19.7. The summed E-state index contributed by atoms with van der Waals surface area (Å²) < 4.78 is 20.6. The van der Waals surface area contributed by atoms with Crippen LogP contribution in [0.4, 0.5) is 5.69 Å². The van der Waals surface area contributed by atoms with Gasteiger partial charge in [-0.05, 0) is 69.0 Å². The van der Waals surface area contributed by atoms with Crippen molar-refractivity contribution in [1.29, 1.82) is 0 Å². The van der Waals surface area contributed by atoms with Crippen LogP contribution < -0.4 is 15.2 Å². The Bertz CT molecular complexity index is 1640. The third kappa shape index (κ3) is 7.86. The van der Waals surface area contributed by atoms with Crippen molar-refractivity contribution < 1.29 is 23.3 Å². The lowest BCUT2D eigenvalue weighted by molar-refractivity contribution is 0.0530. The van der Waals surface area contributed by atoms with Gasteiger partial charge in [0, 0.05) is 32.4 Å². The average Bonchev–Trinajstić information content (AvgIpc) is 3.72. The Hall–Kier alpha value is -4.75. The van der Waals surface area contributed by atoms with E-state index >= 15 is 0 Å². The molecule has 13 heteroatoms. The van der Waals surface area contributed by atoms with Gasteiger partial charge in [-0.1, -0.05) is 30.4 Å². The number of nitrogens with zero attached hydrogens (tertiary/aromatic N) is 4. The zero-order chi connectivity index (χ0) is 31.9. The molecule has 0 bridgehead atoms. The largest absolute Gasteiger partial charge is 0.505 e. The molecule has 2 aliphatic rings. The van der Waals surface area contributed by atoms with Gasteiger partial charge in [-0.25, -0.2) is 9.35 Å². The first-order chi connectivity index (χ1) is 21.7. The highest BCUT2D eigenvalue weighted by Crippen LogP contribution is 2.32. The SMILES string of the molecule is C=C(Nc1cccc(C(=O)N2CCN(C(=O)c3ccccn3)CC2)c1O)C(=NC(C=C1CCCC1)c1ccc(C)o1)NS(N)=O. The van der Waals surface area contributed by atoms with E-state index in [0.29, 0.717) is 37.6 Å². The summed E-state index contributed by atoms with van der Waals surface area (Å²) in [7, 11) is 0. The number of allylic oxidation sites excluding steroid dienone is 1. The lowest BCUT2D eigenvalue weighted by atomic mass is 10.1. The van der Waals surface area contributed by atoms with E-state index in [2.05, 4.69) is 21.6 Å². The summed E-state index contributed by atoms with van der Waals surface area (Å²) in [5.41, 5.74) is 2.07. The molecule has 1 aliphatic heterocycles. The smallest absolute Gasteiger partial charge is 0.272 e. The molecular formula is C32H37N7O5S. The molecule has 2 amide bonds. The number of amides is 2. The van der Waals surface area contributed by atoms with E-state index in [-0.39, 0.29) is 40.3 Å². The summed E-state index contributed by atoms with van der Waals surface area (Å²) in [5.74, 6) is 0.599. The Morgan fingerprint density at radius 1 is 1.07 bits per heavy atom. The number of pyridine rings is 1. The number of rotatable bonds is 9. The molecule has 0 radical (unpaired) electrons. The number of amidine groups is 1. The fourth-order valence-electron chi connectivity index (χ4n) is 5.39. The topological polar surface area (TPSA) is 166 Å². The van der Waals surface area contributed by atoms with Gasteiger partial charge in [0.1, 0.15) is 23.3 Å². The van der Waals surface area contributed by atoms with Crippen LogP contribution in [0.3, 0.4) is 0 Å². The standard InChI is InChI=1S/C32H37N7O5S/c1-21-13-14-28(44-21)27(20-23-8-3-4-9-23)36-30(37-45(33)43)22(2)35-25-12-7-10-24(29(25)40)31(41)38-16-18-39(19-17-38)32(42)26-11-5-6-15-34-26/h5-7,10-15,20,27,35,40H,2-4,8-9,16-19,33H2,1H3,(H,36,37). The van der Waals surface area contributed by atoms with Crippen LogP contribution in [0, 0.1) is 6.92 Å². The molecule has 5 rings (SSSR count). The van der Waals surface area contributed by atoms with E-state index in [1.807, 2.05) is 25.1 Å². The Morgan fingerprint density at radius 3 is 2.40 bits per heavy atom. The molecule has 12 nitrogen and oxygen atoms in total. The number of carbonyl (C=O) groups excluding carboxylic acids is 2. The number of para-hydroxylation sites is 1. The molecule has 1 saturated heterocycles. The summed E-state index contributed by atoms with van der Waals surface area (Å²) in [6, 6.07) is 13.1. The fraction of sp³-hybridized carbons (Fsp3) is 0.312. The highest BCUT2D eigenvalue weighted by atomic mass is 32.2. The zero-order valence-electron chi connectivity index (χ0n) is 25.1. The molecule has 5 N–H and O–H groups in total. The van der Waals surface area contributed by atoms with Crippen molar-refractivity contribution in [3.63, 3.8) is 0 Å². The van der Waals surface area contributed by atoms with Gasteiger partial charge in [-0.2, -0.15) is 0 Å². The lowest BCUT2D eigenvalue weighted by Gasteiger charge is -2.34. The molecule has 45 heavy (non-hydrogen) atoms. The first kappa shape index (κ1) is 31.7. The number of furan rings is 1. The van der Waals surface area contributed by atoms with E-state index in [1.165, 1.54) is 11.6 Å². The monoisotopic (exact) mass is 631 g/mol. The van der Waals surface area contributed by atoms with Gasteiger partial charge in [0.15, 0.2) is 22.8 Å². The van der Waals surface area contributed by atoms with Crippen molar-refractivity contribution >= 4 is 34.5 Å². The maximum Gasteiger partial charge on any atom is 0.272 e. The van der Waals surface area contributed by atoms with Crippen LogP contribution in [0.5, 0.6) is 5.75 Å². The van der Waals surface area contributed by atoms with E-state index < -0.39 is 17.2 Å². The Kier molecular flexibility index (Phi) is 10.1. The minimum atomic E-state index is -1.97. The average molecular weight is 632 g/mol. The van der Waals surface area contributed by atoms with Crippen LogP contribution in [0.2, 0.25) is 0 Å². The molecule has 1 aliphatic carbocycles. The second kappa shape index (κ2) is 14.4. The predicted octanol–water partition coefficient (Wildman–Crippen LogP) is 3.98. The molecular weight excluding hydrogens is 594 g/mol. The summed E-state index contributed by atoms with van der Waals surface area (Å²) >= 11 is -1.97. The molecule has 3 aromatic rings. The summed E-state index contributed by atoms with van der Waals surface area (Å²) in [4.78, 5) is 38.3. The van der Waals surface area contributed by atoms with Crippen LogP contribution in [0.1, 0.15) is 64.1 Å². The molecule has 2 fully saturated rings. The number of aromatic hydroxyl groups is 1. The molecule has 2 unspecified atom stereocenters. The Labute approximate surface area is 264 Å². The van der Waals surface area contributed by atoms with E-state index in [1.54, 1.807) is 46.3 Å². The number of aromatic nitrogens is 1. The van der Waals surface area contributed by atoms with Crippen LogP contribution in [-0.2, 0) is 11.2 Å². The summed E-state index contributed by atoms with van der Waals surface area (Å²) in [6.07, 6.45) is 7.78. The highest BCUT2D eigenvalue weighted by Gasteiger charge is 2.28. The van der Waals surface area contributed by atoms with Crippen molar-refractivity contribution in [3.8, 4) is 5.75 Å². The molecule has 1 aromatic carbocycles. The molecule has 0 spiro atoms. The van der Waals surface area contributed by atoms with Gasteiger partial charge in [0.2, 0.25) is 0 Å². The molecule has 2 atom stereocenters. The van der Waals surface area contributed by atoms with Gasteiger partial charge < -0.3 is 24.6 Å². The van der Waals surface area contributed by atoms with E-state index in [4.69, 9.17) is 14.5 Å². The number of nitrogens with one attached hydrogen (secondary N) is 2. The number of carbonyl (C=O) groups is 2. The Balaban J connectivity index is 1.32. The minimum Gasteiger partial charge on any atom is -0.505 e. The molecule has 2 aromatic heterocycles. The third-order valence-electron chi connectivity index (χ3n) is 7.73. The molecule has 3 heterocycles. The van der Waals surface area contributed by atoms with Crippen molar-refractivity contribution in [1.82, 2.24) is 19.5 Å². The molecule has 236 valence electrons. The number of aryl methyl sites for hydroxylation is 1. The number of hydrogen-bond acceptors (Lipinski definition) is 8. The van der Waals surface area contributed by atoms with Gasteiger partial charge in [0.25, 0.3) is 11.8 Å². The number of benzene rings is 1. The second-order valence-corrected chi connectivity index (χ2v) is 11.7. The number of phenolic OH excluding ortho intramolecular Hbond substituents is 1. The van der Waals surface area contributed by atoms with Gasteiger partial charge in [-0.3, -0.25) is 24.3 Å². The number of hydrogen-bond donors (Lipinski definition) is 4. The predicted molar refractivity (Wildman–Crippen MR) is 173 cm³/mol. The lowest BCUT2D eigenvalue weighted by Crippen LogP contribution is -2.50. The van der Waals surface area contributed by atoms with Crippen molar-refractivity contribution in [2.24, 2.45) is 10.1 Å². The van der Waals surface area contributed by atoms with Gasteiger partial charge in [0.05, 0.1) is 16.9 Å². The maximum absolute atomic E-state index is 13.4. The number of phenols is 1. The fourth-order valence-corrected chi connectivity index (χ4v) is 5.75. The number of nitrogens with two attached hydrogens (primary N) is 1. The Morgan fingerprint density at radius 2 is 1.78 bits per heavy atom. The summed E-state index contributed by atoms with van der Waals surface area (Å²) in [6.45, 7) is 7.17. The van der Waals surface area contributed by atoms with E-state index in [9.17, 15) is 18.9 Å². The van der Waals surface area contributed by atoms with Crippen LogP contribution in [0.25, 0.3) is 0 Å². The minimum absolute atomic E-state index is 0.0843. The maximum atomic E-state index is 13.4. The van der Waals surface area contributed by atoms with Gasteiger partial charge in [-0.15, -0.1) is 0 Å². The quantitative estimate of drug-likeness (QED) is 0.120. The number of piperazine rings is 1. The normalized spacial score (nSPS) is 16.7. The van der Waals surface area contributed by atoms with Crippen molar-refractivity contribution in [2.75, 3.05) is 31.5 Å². The first-order valence-corrected chi connectivity index (χ1v) is 16.0. The van der Waals surface area contributed by atoms with Crippen LogP contribution >= 0.6 is 0 Å². The van der Waals surface area contributed by atoms with Gasteiger partial charge >= 0.3 is 0 Å².